The Bertz CT molecular complexity index is 2940. The number of carbonyl (C=O) groups is 6. The van der Waals surface area contributed by atoms with Gasteiger partial charge in [0.25, 0.3) is 5.91 Å². The molecule has 4 amide bonds. The lowest BCUT2D eigenvalue weighted by Gasteiger charge is -2.53. The third-order valence-electron chi connectivity index (χ3n) is 10.1. The largest absolute Gasteiger partial charge is 0.480 e. The molecule has 0 unspecified atom stereocenters. The number of halogens is 10. The molecular weight excluding hydrogens is 1140 g/mol. The monoisotopic (exact) mass is 1200 g/mol. The molecule has 2 saturated heterocycles. The van der Waals surface area contributed by atoms with Gasteiger partial charge in [-0.15, -0.1) is 23.2 Å². The molecule has 0 aromatic heterocycles. The molecule has 2 heterocycles. The zero-order valence-corrected chi connectivity index (χ0v) is 46.7. The maximum absolute atomic E-state index is 14.6. The highest BCUT2D eigenvalue weighted by atomic mass is 35.5. The minimum atomic E-state index is -4.40. The molecular formula is C54H58Cl2F8N8O10. The predicted octanol–water partition coefficient (Wildman–Crippen LogP) is 10.9. The number of ketones is 1. The number of benzene rings is 4. The average Bonchev–Trinajstić information content (AvgIpc) is 3.37. The topological polar surface area (TPSA) is 242 Å². The standard InChI is InChI=1S/C26H28ClFN4O4.C8H8F3N.C8H3FN2.C8H13NO3.C2H3ClO2.C2H3F3O/c1-17-5-7-18(8-6-17)14-32(22(33)12-27)26(15-31(16-26)24(35)36-25(2,3)4)23(34)30-21-10-9-19(13-29)11-20(21)28;9-8(10,11)7-3-1-6(5-12)2-4-7;1-10-6-3-4-8(11-2)7(9)5-6;1-8(2,3)12-7(11)9-4-6(10)5-9;3-1-2(4)5;3-2(4,5)1-6/h5-11H,12,14-16H2,1-4H3,(H,30,34);1-4H,5,12H2;3-5H;4-5H2,1-3H3;1H2,(H,4,5);6H,1H2. The summed E-state index contributed by atoms with van der Waals surface area (Å²) in [5.74, 6) is -4.22. The van der Waals surface area contributed by atoms with Gasteiger partial charge in [0.15, 0.2) is 17.0 Å². The van der Waals surface area contributed by atoms with E-state index in [1.54, 1.807) is 41.5 Å². The molecule has 82 heavy (non-hydrogen) atoms. The fraction of sp³-hybridized carbons (Fsp3) is 0.389. The van der Waals surface area contributed by atoms with Gasteiger partial charge in [-0.1, -0.05) is 54.1 Å². The second-order valence-electron chi connectivity index (χ2n) is 19.2. The molecule has 0 aliphatic carbocycles. The molecule has 28 heteroatoms. The zero-order chi connectivity index (χ0) is 63.0. The fourth-order valence-corrected chi connectivity index (χ4v) is 6.29. The van der Waals surface area contributed by atoms with Gasteiger partial charge in [0.1, 0.15) is 41.2 Å². The third kappa shape index (κ3) is 25.6. The first kappa shape index (κ1) is 71.9. The van der Waals surface area contributed by atoms with Crippen LogP contribution in [0.1, 0.15) is 69.4 Å². The molecule has 2 fully saturated rings. The van der Waals surface area contributed by atoms with Crippen LogP contribution in [-0.2, 0) is 47.9 Å². The number of aliphatic carboxylic acids is 1. The van der Waals surface area contributed by atoms with Crippen molar-refractivity contribution in [1.29, 1.82) is 5.26 Å². The van der Waals surface area contributed by atoms with Crippen molar-refractivity contribution in [3.63, 3.8) is 0 Å². The first-order chi connectivity index (χ1) is 37.9. The van der Waals surface area contributed by atoms with Gasteiger partial charge in [0.2, 0.25) is 11.6 Å². The van der Waals surface area contributed by atoms with Crippen molar-refractivity contribution in [2.24, 2.45) is 5.73 Å². The number of aliphatic hydroxyl groups is 1. The van der Waals surface area contributed by atoms with Crippen LogP contribution >= 0.6 is 23.2 Å². The Morgan fingerprint density at radius 2 is 1.28 bits per heavy atom. The van der Waals surface area contributed by atoms with Crippen molar-refractivity contribution in [1.82, 2.24) is 14.7 Å². The van der Waals surface area contributed by atoms with Crippen LogP contribution in [-0.4, -0.2) is 128 Å². The van der Waals surface area contributed by atoms with Crippen LogP contribution in [0.5, 0.6) is 0 Å². The number of hydrogen-bond acceptors (Lipinski definition) is 11. The quantitative estimate of drug-likeness (QED) is 0.0732. The van der Waals surface area contributed by atoms with Crippen molar-refractivity contribution in [3.8, 4) is 6.07 Å². The number of carboxylic acid groups (broad SMARTS) is 1. The number of nitrogens with one attached hydrogen (secondary N) is 1. The molecule has 0 saturated carbocycles. The van der Waals surface area contributed by atoms with E-state index >= 15 is 0 Å². The summed E-state index contributed by atoms with van der Waals surface area (Å²) in [4.78, 5) is 80.1. The van der Waals surface area contributed by atoms with E-state index in [9.17, 15) is 63.9 Å². The molecule has 2 aliphatic rings. The summed E-state index contributed by atoms with van der Waals surface area (Å²) in [6.07, 6.45) is -9.70. The van der Waals surface area contributed by atoms with Gasteiger partial charge >= 0.3 is 30.5 Å². The van der Waals surface area contributed by atoms with Crippen molar-refractivity contribution in [2.75, 3.05) is 49.9 Å². The Hall–Kier alpha value is -8.09. The number of likely N-dealkylation sites (tertiary alicyclic amines) is 2. The lowest BCUT2D eigenvalue weighted by atomic mass is 9.85. The summed E-state index contributed by atoms with van der Waals surface area (Å²) in [5.41, 5.74) is 4.44. The third-order valence-corrected chi connectivity index (χ3v) is 10.6. The minimum absolute atomic E-state index is 0.0441. The highest BCUT2D eigenvalue weighted by molar-refractivity contribution is 6.27. The maximum atomic E-state index is 14.6. The van der Waals surface area contributed by atoms with E-state index in [2.05, 4.69) is 15.0 Å². The minimum Gasteiger partial charge on any atom is -0.480 e. The number of nitrogens with zero attached hydrogens (tertiary/aromatic N) is 6. The van der Waals surface area contributed by atoms with Crippen molar-refractivity contribution in [2.45, 2.75) is 90.6 Å². The van der Waals surface area contributed by atoms with Crippen LogP contribution in [0.25, 0.3) is 9.69 Å². The first-order valence-electron chi connectivity index (χ1n) is 23.7. The number of nitrogens with two attached hydrogens (primary N) is 1. The summed E-state index contributed by atoms with van der Waals surface area (Å²) in [7, 11) is 0. The number of nitriles is 1. The Kier molecular flexibility index (Phi) is 28.4. The second kappa shape index (κ2) is 32.4. The number of carbonyl (C=O) groups excluding carboxylic acids is 5. The number of anilines is 1. The van der Waals surface area contributed by atoms with Crippen LogP contribution in [0.4, 0.5) is 61.8 Å². The molecule has 5 N–H and O–H groups in total. The number of rotatable bonds is 8. The number of carboxylic acids is 1. The highest BCUT2D eigenvalue weighted by Crippen LogP contribution is 2.34. The van der Waals surface area contributed by atoms with E-state index in [1.165, 1.54) is 51.1 Å². The molecule has 4 aromatic rings. The van der Waals surface area contributed by atoms with Crippen LogP contribution in [0, 0.1) is 43.0 Å². The number of hydrogen-bond donors (Lipinski definition) is 4. The van der Waals surface area contributed by atoms with E-state index in [0.717, 1.165) is 35.4 Å². The number of Topliss-reactive ketones (excluding diaryl/α,β-unsaturated/α-hetero) is 1. The summed E-state index contributed by atoms with van der Waals surface area (Å²) in [5, 5.41) is 26.4. The molecule has 0 bridgehead atoms. The van der Waals surface area contributed by atoms with Crippen LogP contribution in [0.2, 0.25) is 0 Å². The molecule has 4 aromatic carbocycles. The van der Waals surface area contributed by atoms with Gasteiger partial charge in [0, 0.05) is 13.1 Å². The summed E-state index contributed by atoms with van der Waals surface area (Å²) < 4.78 is 105. The highest BCUT2D eigenvalue weighted by Gasteiger charge is 2.57. The molecule has 2 aliphatic heterocycles. The molecule has 0 spiro atoms. The number of aliphatic hydroxyl groups excluding tert-OH is 1. The van der Waals surface area contributed by atoms with E-state index in [0.29, 0.717) is 5.56 Å². The van der Waals surface area contributed by atoms with Gasteiger partial charge in [-0.2, -0.15) is 31.6 Å². The SMILES string of the molecule is CC(C)(C)OC(=O)N1CC(=O)C1.Cc1ccc(CN(C(=O)CCl)C2(C(=O)Nc3ccc(C#N)cc3F)CN(C(=O)OC(C)(C)C)C2)cc1.NCc1ccc(C(F)(F)F)cc1.O=C(O)CCl.OCC(F)(F)F.[C-]#[N+]c1ccc([N+]#[C-])c(F)c1. The Morgan fingerprint density at radius 3 is 1.66 bits per heavy atom. The van der Waals surface area contributed by atoms with E-state index in [-0.39, 0.29) is 73.6 Å². The smallest absolute Gasteiger partial charge is 0.416 e. The Balaban J connectivity index is 0.000000591. The summed E-state index contributed by atoms with van der Waals surface area (Å²) >= 11 is 10.7. The van der Waals surface area contributed by atoms with E-state index < -0.39 is 88.7 Å². The maximum Gasteiger partial charge on any atom is 0.416 e. The molecule has 444 valence electrons. The number of ether oxygens (including phenoxy) is 2. The number of alkyl halides is 8. The lowest BCUT2D eigenvalue weighted by molar-refractivity contribution is -0.159. The molecule has 18 nitrogen and oxygen atoms in total. The first-order valence-corrected chi connectivity index (χ1v) is 24.7. The van der Waals surface area contributed by atoms with E-state index in [4.69, 9.17) is 67.0 Å². The van der Waals surface area contributed by atoms with Crippen LogP contribution in [0.3, 0.4) is 0 Å². The molecule has 0 radical (unpaired) electrons. The summed E-state index contributed by atoms with van der Waals surface area (Å²) in [6.45, 7) is 24.2. The molecule has 6 rings (SSSR count). The Morgan fingerprint density at radius 1 is 0.780 bits per heavy atom. The normalized spacial score (nSPS) is 13.0. The van der Waals surface area contributed by atoms with Gasteiger partial charge in [0.05, 0.1) is 62.2 Å². The lowest BCUT2D eigenvalue weighted by Crippen LogP contribution is -2.77. The summed E-state index contributed by atoms with van der Waals surface area (Å²) in [6, 6.07) is 21.5. The van der Waals surface area contributed by atoms with Gasteiger partial charge in [-0.05, 0) is 96.0 Å². The van der Waals surface area contributed by atoms with Crippen LogP contribution in [0.15, 0.2) is 84.9 Å². The van der Waals surface area contributed by atoms with Gasteiger partial charge in [-0.25, -0.2) is 28.1 Å². The van der Waals surface area contributed by atoms with Crippen molar-refractivity contribution >= 4 is 76.0 Å². The average molecular weight is 1200 g/mol. The van der Waals surface area contributed by atoms with Crippen molar-refractivity contribution < 1.29 is 83.6 Å². The van der Waals surface area contributed by atoms with Crippen molar-refractivity contribution in [3.05, 3.63) is 147 Å². The van der Waals surface area contributed by atoms with Crippen LogP contribution < -0.4 is 11.1 Å². The number of amides is 4. The predicted molar refractivity (Wildman–Crippen MR) is 285 cm³/mol. The molecule has 0 atom stereocenters. The second-order valence-corrected chi connectivity index (χ2v) is 19.7. The van der Waals surface area contributed by atoms with E-state index in [1.807, 2.05) is 37.3 Å². The Labute approximate surface area is 477 Å². The van der Waals surface area contributed by atoms with Gasteiger partial charge < -0.3 is 40.5 Å². The fourth-order valence-electron chi connectivity index (χ4n) is 6.15. The zero-order valence-electron chi connectivity index (χ0n) is 45.1. The number of aryl methyl sites for hydroxylation is 1. The van der Waals surface area contributed by atoms with Gasteiger partial charge in [-0.3, -0.25) is 24.1 Å².